The molecule has 2 heteroatoms. The molecule has 2 unspecified atom stereocenters. The fourth-order valence-electron chi connectivity index (χ4n) is 2.01. The van der Waals surface area contributed by atoms with Crippen LogP contribution >= 0.6 is 0 Å². The molecule has 1 aromatic carbocycles. The summed E-state index contributed by atoms with van der Waals surface area (Å²) < 4.78 is 13.8. The van der Waals surface area contributed by atoms with Gasteiger partial charge in [0.15, 0.2) is 0 Å². The summed E-state index contributed by atoms with van der Waals surface area (Å²) in [7, 11) is 0. The van der Waals surface area contributed by atoms with Crippen LogP contribution < -0.4 is 5.32 Å². The number of rotatable bonds is 3. The lowest BCUT2D eigenvalue weighted by Crippen LogP contribution is -2.10. The normalized spacial score (nSPS) is 23.6. The third kappa shape index (κ3) is 2.32. The molecule has 0 saturated carbocycles. The summed E-state index contributed by atoms with van der Waals surface area (Å²) in [6, 6.07) is 9.46. The number of hydrogen-bond acceptors (Lipinski definition) is 1. The molecule has 1 aliphatic heterocycles. The van der Waals surface area contributed by atoms with E-state index in [0.29, 0.717) is 12.3 Å². The van der Waals surface area contributed by atoms with Crippen LogP contribution in [0.4, 0.5) is 4.39 Å². The third-order valence-corrected chi connectivity index (χ3v) is 2.86. The van der Waals surface area contributed by atoms with Crippen LogP contribution in [0.15, 0.2) is 30.3 Å². The van der Waals surface area contributed by atoms with Crippen molar-refractivity contribution < 1.29 is 4.39 Å². The first-order chi connectivity index (χ1) is 6.86. The highest BCUT2D eigenvalue weighted by Gasteiger charge is 2.20. The van der Waals surface area contributed by atoms with E-state index in [4.69, 9.17) is 0 Å². The quantitative estimate of drug-likeness (QED) is 0.778. The maximum absolute atomic E-state index is 13.8. The van der Waals surface area contributed by atoms with Gasteiger partial charge in [-0.15, -0.1) is 0 Å². The molecule has 2 rings (SSSR count). The molecular weight excluding hydrogens is 177 g/mol. The van der Waals surface area contributed by atoms with Crippen molar-refractivity contribution in [1.82, 2.24) is 5.32 Å². The summed E-state index contributed by atoms with van der Waals surface area (Å²) in [6.45, 7) is 2.03. The predicted molar refractivity (Wildman–Crippen MR) is 55.9 cm³/mol. The Labute approximate surface area is 84.3 Å². The second-order valence-electron chi connectivity index (χ2n) is 3.97. The van der Waals surface area contributed by atoms with Gasteiger partial charge in [0.05, 0.1) is 0 Å². The van der Waals surface area contributed by atoms with Gasteiger partial charge >= 0.3 is 0 Å². The summed E-state index contributed by atoms with van der Waals surface area (Å²) in [6.07, 6.45) is 0.991. The maximum Gasteiger partial charge on any atom is 0.125 e. The average Bonchev–Trinajstić information content (AvgIpc) is 2.72. The standard InChI is InChI=1S/C12H16FN/c13-12(8-10-6-7-14-9-10)11-4-2-1-3-5-11/h1-5,10,12,14H,6-9H2. The van der Waals surface area contributed by atoms with Crippen molar-refractivity contribution in [2.45, 2.75) is 19.0 Å². The maximum atomic E-state index is 13.8. The molecule has 1 fully saturated rings. The molecule has 1 nitrogen and oxygen atoms in total. The lowest BCUT2D eigenvalue weighted by Gasteiger charge is -2.12. The molecule has 0 amide bonds. The smallest absolute Gasteiger partial charge is 0.125 e. The molecule has 1 heterocycles. The molecule has 2 atom stereocenters. The Bertz CT molecular complexity index is 267. The monoisotopic (exact) mass is 193 g/mol. The van der Waals surface area contributed by atoms with E-state index < -0.39 is 6.17 Å². The number of benzene rings is 1. The van der Waals surface area contributed by atoms with E-state index in [1.165, 1.54) is 0 Å². The van der Waals surface area contributed by atoms with Crippen LogP contribution in [-0.4, -0.2) is 13.1 Å². The van der Waals surface area contributed by atoms with Gasteiger partial charge in [0.25, 0.3) is 0 Å². The molecule has 1 N–H and O–H groups in total. The summed E-state index contributed by atoms with van der Waals surface area (Å²) in [5.74, 6) is 0.519. The largest absolute Gasteiger partial charge is 0.316 e. The minimum absolute atomic E-state index is 0.519. The van der Waals surface area contributed by atoms with E-state index in [0.717, 1.165) is 25.1 Å². The number of nitrogens with one attached hydrogen (secondary N) is 1. The van der Waals surface area contributed by atoms with Crippen LogP contribution in [0.3, 0.4) is 0 Å². The van der Waals surface area contributed by atoms with Crippen LogP contribution in [0.2, 0.25) is 0 Å². The first-order valence-corrected chi connectivity index (χ1v) is 5.26. The van der Waals surface area contributed by atoms with Crippen LogP contribution in [0.5, 0.6) is 0 Å². The first-order valence-electron chi connectivity index (χ1n) is 5.26. The zero-order valence-electron chi connectivity index (χ0n) is 8.25. The van der Waals surface area contributed by atoms with E-state index in [1.807, 2.05) is 30.3 Å². The van der Waals surface area contributed by atoms with Crippen molar-refractivity contribution in [3.8, 4) is 0 Å². The summed E-state index contributed by atoms with van der Waals surface area (Å²) in [5, 5.41) is 3.26. The Morgan fingerprint density at radius 1 is 1.36 bits per heavy atom. The van der Waals surface area contributed by atoms with Crippen molar-refractivity contribution in [3.63, 3.8) is 0 Å². The van der Waals surface area contributed by atoms with E-state index in [9.17, 15) is 4.39 Å². The number of alkyl halides is 1. The summed E-state index contributed by atoms with van der Waals surface area (Å²) in [5.41, 5.74) is 0.819. The van der Waals surface area contributed by atoms with Crippen LogP contribution in [0.25, 0.3) is 0 Å². The average molecular weight is 193 g/mol. The minimum atomic E-state index is -0.791. The van der Waals surface area contributed by atoms with Crippen molar-refractivity contribution in [2.24, 2.45) is 5.92 Å². The van der Waals surface area contributed by atoms with E-state index in [1.54, 1.807) is 0 Å². The molecule has 1 aromatic rings. The highest BCUT2D eigenvalue weighted by Crippen LogP contribution is 2.27. The Kier molecular flexibility index (Phi) is 3.14. The zero-order valence-corrected chi connectivity index (χ0v) is 8.25. The second-order valence-corrected chi connectivity index (χ2v) is 3.97. The molecule has 1 aliphatic rings. The fraction of sp³-hybridized carbons (Fsp3) is 0.500. The van der Waals surface area contributed by atoms with Gasteiger partial charge in [-0.25, -0.2) is 4.39 Å². The lowest BCUT2D eigenvalue weighted by atomic mass is 9.97. The molecule has 0 radical (unpaired) electrons. The number of hydrogen-bond donors (Lipinski definition) is 1. The van der Waals surface area contributed by atoms with E-state index in [-0.39, 0.29) is 0 Å². The number of halogens is 1. The SMILES string of the molecule is FC(CC1CCNC1)c1ccccc1. The molecule has 76 valence electrons. The highest BCUT2D eigenvalue weighted by atomic mass is 19.1. The minimum Gasteiger partial charge on any atom is -0.316 e. The molecule has 14 heavy (non-hydrogen) atoms. The Balaban J connectivity index is 1.92. The molecule has 0 spiro atoms. The Morgan fingerprint density at radius 2 is 2.14 bits per heavy atom. The van der Waals surface area contributed by atoms with E-state index >= 15 is 0 Å². The third-order valence-electron chi connectivity index (χ3n) is 2.86. The van der Waals surface area contributed by atoms with Crippen molar-refractivity contribution in [2.75, 3.05) is 13.1 Å². The predicted octanol–water partition coefficient (Wildman–Crippen LogP) is 2.70. The van der Waals surface area contributed by atoms with Gasteiger partial charge in [0.1, 0.15) is 6.17 Å². The van der Waals surface area contributed by atoms with Crippen LogP contribution in [0.1, 0.15) is 24.6 Å². The second kappa shape index (κ2) is 4.56. The van der Waals surface area contributed by atoms with Gasteiger partial charge in [-0.05, 0) is 37.4 Å². The molecule has 0 aliphatic carbocycles. The molecule has 0 bridgehead atoms. The summed E-state index contributed by atoms with van der Waals surface area (Å²) >= 11 is 0. The van der Waals surface area contributed by atoms with Gasteiger partial charge in [-0.2, -0.15) is 0 Å². The topological polar surface area (TPSA) is 12.0 Å². The highest BCUT2D eigenvalue weighted by molar-refractivity contribution is 5.17. The van der Waals surface area contributed by atoms with E-state index in [2.05, 4.69) is 5.32 Å². The van der Waals surface area contributed by atoms with Gasteiger partial charge in [-0.3, -0.25) is 0 Å². The Morgan fingerprint density at radius 3 is 2.79 bits per heavy atom. The Hall–Kier alpha value is -0.890. The fourth-order valence-corrected chi connectivity index (χ4v) is 2.01. The zero-order chi connectivity index (χ0) is 9.80. The van der Waals surface area contributed by atoms with Gasteiger partial charge < -0.3 is 5.32 Å². The molecular formula is C12H16FN. The lowest BCUT2D eigenvalue weighted by molar-refractivity contribution is 0.281. The van der Waals surface area contributed by atoms with Gasteiger partial charge in [-0.1, -0.05) is 30.3 Å². The summed E-state index contributed by atoms with van der Waals surface area (Å²) in [4.78, 5) is 0. The van der Waals surface area contributed by atoms with Gasteiger partial charge in [0, 0.05) is 0 Å². The van der Waals surface area contributed by atoms with Crippen LogP contribution in [-0.2, 0) is 0 Å². The first kappa shape index (κ1) is 9.66. The van der Waals surface area contributed by atoms with Crippen LogP contribution in [0, 0.1) is 5.92 Å². The molecule has 0 aromatic heterocycles. The van der Waals surface area contributed by atoms with Gasteiger partial charge in [0.2, 0.25) is 0 Å². The van der Waals surface area contributed by atoms with Crippen molar-refractivity contribution >= 4 is 0 Å². The molecule has 1 saturated heterocycles. The van der Waals surface area contributed by atoms with Crippen molar-refractivity contribution in [3.05, 3.63) is 35.9 Å². The van der Waals surface area contributed by atoms with Crippen molar-refractivity contribution in [1.29, 1.82) is 0 Å².